The van der Waals surface area contributed by atoms with Crippen LogP contribution in [-0.2, 0) is 6.54 Å². The van der Waals surface area contributed by atoms with Crippen molar-refractivity contribution in [2.45, 2.75) is 6.54 Å². The number of carbonyl (C=O) groups excluding carboxylic acids is 1. The Morgan fingerprint density at radius 1 is 0.962 bits per heavy atom. The monoisotopic (exact) mass is 350 g/mol. The third-order valence-corrected chi connectivity index (χ3v) is 4.34. The SMILES string of the molecule is O=C(c1ccc(-n2cncn2)nn1)N1CCN(Cc2ccncc2)CC1. The molecule has 1 saturated heterocycles. The van der Waals surface area contributed by atoms with Gasteiger partial charge in [-0.15, -0.1) is 10.2 Å². The van der Waals surface area contributed by atoms with Gasteiger partial charge in [-0.1, -0.05) is 0 Å². The lowest BCUT2D eigenvalue weighted by molar-refractivity contribution is 0.0621. The quantitative estimate of drug-likeness (QED) is 0.673. The molecule has 0 aromatic carbocycles. The minimum absolute atomic E-state index is 0.0915. The number of pyridine rings is 1. The van der Waals surface area contributed by atoms with Crippen LogP contribution in [-0.4, -0.2) is 71.8 Å². The van der Waals surface area contributed by atoms with E-state index in [0.29, 0.717) is 24.6 Å². The molecule has 1 aliphatic heterocycles. The van der Waals surface area contributed by atoms with Crippen molar-refractivity contribution in [3.63, 3.8) is 0 Å². The highest BCUT2D eigenvalue weighted by atomic mass is 16.2. The Morgan fingerprint density at radius 2 is 1.77 bits per heavy atom. The van der Waals surface area contributed by atoms with Gasteiger partial charge in [0.15, 0.2) is 11.5 Å². The van der Waals surface area contributed by atoms with E-state index in [0.717, 1.165) is 19.6 Å². The van der Waals surface area contributed by atoms with E-state index in [-0.39, 0.29) is 5.91 Å². The molecule has 4 heterocycles. The highest BCUT2D eigenvalue weighted by Gasteiger charge is 2.23. The summed E-state index contributed by atoms with van der Waals surface area (Å²) in [7, 11) is 0. The summed E-state index contributed by atoms with van der Waals surface area (Å²) in [5.41, 5.74) is 1.57. The maximum atomic E-state index is 12.6. The molecular formula is C17H18N8O. The molecule has 1 aliphatic rings. The second kappa shape index (κ2) is 7.36. The van der Waals surface area contributed by atoms with Crippen LogP contribution in [0.1, 0.15) is 16.1 Å². The fraction of sp³-hybridized carbons (Fsp3) is 0.294. The lowest BCUT2D eigenvalue weighted by Gasteiger charge is -2.34. The summed E-state index contributed by atoms with van der Waals surface area (Å²) in [5, 5.41) is 12.1. The highest BCUT2D eigenvalue weighted by molar-refractivity contribution is 5.92. The summed E-state index contributed by atoms with van der Waals surface area (Å²) in [6.07, 6.45) is 6.56. The minimum atomic E-state index is -0.0915. The van der Waals surface area contributed by atoms with Crippen molar-refractivity contribution in [3.8, 4) is 5.82 Å². The lowest BCUT2D eigenvalue weighted by Crippen LogP contribution is -2.48. The summed E-state index contributed by atoms with van der Waals surface area (Å²) < 4.78 is 1.50. The predicted molar refractivity (Wildman–Crippen MR) is 92.4 cm³/mol. The number of piperazine rings is 1. The number of carbonyl (C=O) groups is 1. The van der Waals surface area contributed by atoms with E-state index in [9.17, 15) is 4.79 Å². The van der Waals surface area contributed by atoms with Crippen molar-refractivity contribution in [2.24, 2.45) is 0 Å². The first kappa shape index (κ1) is 16.3. The number of nitrogens with zero attached hydrogens (tertiary/aromatic N) is 8. The topological polar surface area (TPSA) is 92.9 Å². The van der Waals surface area contributed by atoms with Crippen molar-refractivity contribution in [3.05, 3.63) is 60.6 Å². The third-order valence-electron chi connectivity index (χ3n) is 4.34. The molecule has 3 aromatic heterocycles. The van der Waals surface area contributed by atoms with Gasteiger partial charge in [0.25, 0.3) is 5.91 Å². The van der Waals surface area contributed by atoms with E-state index in [4.69, 9.17) is 0 Å². The Kier molecular flexibility index (Phi) is 4.61. The molecule has 0 bridgehead atoms. The van der Waals surface area contributed by atoms with Crippen LogP contribution in [0.25, 0.3) is 5.82 Å². The number of rotatable bonds is 4. The average Bonchev–Trinajstić information content (AvgIpc) is 3.24. The van der Waals surface area contributed by atoms with Crippen LogP contribution in [0.15, 0.2) is 49.3 Å². The van der Waals surface area contributed by atoms with Crippen LogP contribution in [0, 0.1) is 0 Å². The van der Waals surface area contributed by atoms with Crippen molar-refractivity contribution >= 4 is 5.91 Å². The van der Waals surface area contributed by atoms with Crippen molar-refractivity contribution in [1.29, 1.82) is 0 Å². The third kappa shape index (κ3) is 3.57. The Balaban J connectivity index is 1.34. The number of aromatic nitrogens is 6. The van der Waals surface area contributed by atoms with E-state index < -0.39 is 0 Å². The van der Waals surface area contributed by atoms with Crippen LogP contribution >= 0.6 is 0 Å². The van der Waals surface area contributed by atoms with E-state index in [2.05, 4.69) is 30.2 Å². The average molecular weight is 350 g/mol. The van der Waals surface area contributed by atoms with Crippen molar-refractivity contribution < 1.29 is 4.79 Å². The molecule has 0 atom stereocenters. The van der Waals surface area contributed by atoms with Gasteiger partial charge in [0.1, 0.15) is 12.7 Å². The summed E-state index contributed by atoms with van der Waals surface area (Å²) in [4.78, 5) is 24.7. The minimum Gasteiger partial charge on any atom is -0.335 e. The molecule has 9 nitrogen and oxygen atoms in total. The normalized spacial score (nSPS) is 15.2. The Morgan fingerprint density at radius 3 is 2.42 bits per heavy atom. The van der Waals surface area contributed by atoms with Crippen molar-refractivity contribution in [2.75, 3.05) is 26.2 Å². The molecule has 0 aliphatic carbocycles. The highest BCUT2D eigenvalue weighted by Crippen LogP contribution is 2.11. The van der Waals surface area contributed by atoms with Crippen LogP contribution in [0.5, 0.6) is 0 Å². The fourth-order valence-electron chi connectivity index (χ4n) is 2.91. The standard InChI is InChI=1S/C17H18N8O/c26-17(15-1-2-16(22-21-15)25-13-19-12-20-25)24-9-7-23(8-10-24)11-14-3-5-18-6-4-14/h1-6,12-13H,7-11H2. The number of hydrogen-bond acceptors (Lipinski definition) is 7. The maximum Gasteiger partial charge on any atom is 0.274 e. The van der Waals surface area contributed by atoms with Gasteiger partial charge in [0.2, 0.25) is 0 Å². The van der Waals surface area contributed by atoms with E-state index in [1.807, 2.05) is 17.0 Å². The van der Waals surface area contributed by atoms with E-state index in [1.54, 1.807) is 24.5 Å². The van der Waals surface area contributed by atoms with Gasteiger partial charge in [0, 0.05) is 45.1 Å². The zero-order valence-electron chi connectivity index (χ0n) is 14.1. The van der Waals surface area contributed by atoms with Crippen LogP contribution in [0.3, 0.4) is 0 Å². The lowest BCUT2D eigenvalue weighted by atomic mass is 10.2. The summed E-state index contributed by atoms with van der Waals surface area (Å²) in [6.45, 7) is 3.89. The van der Waals surface area contributed by atoms with E-state index in [1.165, 1.54) is 22.9 Å². The Hall–Kier alpha value is -3.20. The first-order valence-corrected chi connectivity index (χ1v) is 8.39. The second-order valence-electron chi connectivity index (χ2n) is 6.04. The largest absolute Gasteiger partial charge is 0.335 e. The maximum absolute atomic E-state index is 12.6. The molecule has 1 fully saturated rings. The molecule has 26 heavy (non-hydrogen) atoms. The van der Waals surface area contributed by atoms with Gasteiger partial charge >= 0.3 is 0 Å². The molecule has 4 rings (SSSR count). The molecule has 132 valence electrons. The fourth-order valence-corrected chi connectivity index (χ4v) is 2.91. The van der Waals surface area contributed by atoms with Gasteiger partial charge in [0.05, 0.1) is 0 Å². The molecule has 0 unspecified atom stereocenters. The van der Waals surface area contributed by atoms with Gasteiger partial charge in [-0.05, 0) is 29.8 Å². The van der Waals surface area contributed by atoms with Gasteiger partial charge in [-0.25, -0.2) is 9.67 Å². The number of hydrogen-bond donors (Lipinski definition) is 0. The Labute approximate surface area is 150 Å². The van der Waals surface area contributed by atoms with Crippen molar-refractivity contribution in [1.82, 2.24) is 39.7 Å². The molecule has 0 saturated carbocycles. The van der Waals surface area contributed by atoms with Gasteiger partial charge in [-0.3, -0.25) is 14.7 Å². The predicted octanol–water partition coefficient (Wildman–Crippen LogP) is 0.410. The molecule has 3 aromatic rings. The molecule has 0 radical (unpaired) electrons. The summed E-state index contributed by atoms with van der Waals surface area (Å²) >= 11 is 0. The van der Waals surface area contributed by atoms with E-state index >= 15 is 0 Å². The zero-order valence-corrected chi connectivity index (χ0v) is 14.1. The molecule has 1 amide bonds. The number of amides is 1. The Bertz CT molecular complexity index is 842. The van der Waals surface area contributed by atoms with Gasteiger partial charge < -0.3 is 4.90 Å². The molecular weight excluding hydrogens is 332 g/mol. The first-order valence-electron chi connectivity index (χ1n) is 8.39. The second-order valence-corrected chi connectivity index (χ2v) is 6.04. The summed E-state index contributed by atoms with van der Waals surface area (Å²) in [5.74, 6) is 0.437. The van der Waals surface area contributed by atoms with Crippen LogP contribution in [0.4, 0.5) is 0 Å². The zero-order chi connectivity index (χ0) is 17.8. The van der Waals surface area contributed by atoms with Gasteiger partial charge in [-0.2, -0.15) is 5.10 Å². The molecule has 0 N–H and O–H groups in total. The van der Waals surface area contributed by atoms with Crippen LogP contribution < -0.4 is 0 Å². The first-order chi connectivity index (χ1) is 12.8. The summed E-state index contributed by atoms with van der Waals surface area (Å²) in [6, 6.07) is 7.43. The molecule has 0 spiro atoms. The van der Waals surface area contributed by atoms with Crippen LogP contribution in [0.2, 0.25) is 0 Å². The molecule has 9 heteroatoms. The smallest absolute Gasteiger partial charge is 0.274 e.